The van der Waals surface area contributed by atoms with Crippen molar-refractivity contribution in [2.24, 2.45) is 5.16 Å². The highest BCUT2D eigenvalue weighted by atomic mass is 16.5. The number of benzene rings is 1. The Morgan fingerprint density at radius 1 is 1.40 bits per heavy atom. The summed E-state index contributed by atoms with van der Waals surface area (Å²) in [6.07, 6.45) is 1.52. The van der Waals surface area contributed by atoms with E-state index in [1.54, 1.807) is 6.92 Å². The molecule has 0 spiro atoms. The van der Waals surface area contributed by atoms with Crippen molar-refractivity contribution >= 4 is 5.71 Å². The average Bonchev–Trinajstić information content (AvgIpc) is 2.93. The second kappa shape index (κ2) is 6.18. The van der Waals surface area contributed by atoms with Gasteiger partial charge in [0.25, 0.3) is 0 Å². The van der Waals surface area contributed by atoms with Crippen molar-refractivity contribution < 1.29 is 9.94 Å². The molecule has 0 atom stereocenters. The monoisotopic (exact) mass is 274 g/mol. The number of rotatable bonds is 5. The second-order valence-corrected chi connectivity index (χ2v) is 4.68. The Morgan fingerprint density at radius 2 is 2.15 bits per heavy atom. The van der Waals surface area contributed by atoms with Crippen LogP contribution in [-0.2, 0) is 6.61 Å². The van der Waals surface area contributed by atoms with Crippen LogP contribution in [0.4, 0.5) is 0 Å². The standard InChI is InChI=1S/C14H18N4O2/c1-10(2)18-14(15-9-16-18)8-20-13-7-5-4-6-12(13)11(3)17-19/h4-7,9-10,19H,8H2,1-3H3. The minimum Gasteiger partial charge on any atom is -0.485 e. The first-order valence-corrected chi connectivity index (χ1v) is 6.42. The van der Waals surface area contributed by atoms with Crippen molar-refractivity contribution in [2.75, 3.05) is 0 Å². The van der Waals surface area contributed by atoms with E-state index in [1.165, 1.54) is 6.33 Å². The molecule has 0 aliphatic carbocycles. The number of hydrogen-bond donors (Lipinski definition) is 1. The summed E-state index contributed by atoms with van der Waals surface area (Å²) in [6, 6.07) is 7.65. The summed E-state index contributed by atoms with van der Waals surface area (Å²) in [5.41, 5.74) is 1.26. The first-order valence-electron chi connectivity index (χ1n) is 6.42. The predicted octanol–water partition coefficient (Wildman–Crippen LogP) is 2.64. The van der Waals surface area contributed by atoms with Crippen LogP contribution in [0.25, 0.3) is 0 Å². The molecule has 0 unspecified atom stereocenters. The smallest absolute Gasteiger partial charge is 0.165 e. The van der Waals surface area contributed by atoms with Crippen LogP contribution in [0.3, 0.4) is 0 Å². The van der Waals surface area contributed by atoms with Crippen LogP contribution in [0, 0.1) is 0 Å². The van der Waals surface area contributed by atoms with Gasteiger partial charge < -0.3 is 9.94 Å². The number of aromatic nitrogens is 3. The van der Waals surface area contributed by atoms with Crippen molar-refractivity contribution in [3.8, 4) is 5.75 Å². The highest BCUT2D eigenvalue weighted by Crippen LogP contribution is 2.20. The second-order valence-electron chi connectivity index (χ2n) is 4.68. The van der Waals surface area contributed by atoms with E-state index in [1.807, 2.05) is 42.8 Å². The van der Waals surface area contributed by atoms with Gasteiger partial charge in [0, 0.05) is 11.6 Å². The zero-order valence-electron chi connectivity index (χ0n) is 11.8. The van der Waals surface area contributed by atoms with E-state index < -0.39 is 0 Å². The van der Waals surface area contributed by atoms with Gasteiger partial charge in [-0.25, -0.2) is 9.67 Å². The quantitative estimate of drug-likeness (QED) is 0.517. The molecule has 2 aromatic rings. The summed E-state index contributed by atoms with van der Waals surface area (Å²) in [7, 11) is 0. The van der Waals surface area contributed by atoms with Gasteiger partial charge in [-0.15, -0.1) is 0 Å². The van der Waals surface area contributed by atoms with Crippen LogP contribution in [0.2, 0.25) is 0 Å². The summed E-state index contributed by atoms with van der Waals surface area (Å²) in [6.45, 7) is 6.11. The van der Waals surface area contributed by atoms with Gasteiger partial charge in [0.2, 0.25) is 0 Å². The SMILES string of the molecule is CC(=NO)c1ccccc1OCc1ncnn1C(C)C. The Morgan fingerprint density at radius 3 is 2.85 bits per heavy atom. The lowest BCUT2D eigenvalue weighted by molar-refractivity contribution is 0.281. The Hall–Kier alpha value is -2.37. The molecule has 0 fully saturated rings. The highest BCUT2D eigenvalue weighted by Gasteiger charge is 2.11. The summed E-state index contributed by atoms with van der Waals surface area (Å²) in [4.78, 5) is 4.19. The molecule has 0 saturated heterocycles. The van der Waals surface area contributed by atoms with Crippen LogP contribution in [0.1, 0.15) is 38.2 Å². The molecule has 0 aliphatic heterocycles. The Kier molecular flexibility index (Phi) is 4.34. The maximum atomic E-state index is 8.89. The highest BCUT2D eigenvalue weighted by molar-refractivity contribution is 6.00. The number of oxime groups is 1. The number of nitrogens with zero attached hydrogens (tertiary/aromatic N) is 4. The molecule has 106 valence electrons. The fourth-order valence-electron chi connectivity index (χ4n) is 1.90. The number of ether oxygens (including phenoxy) is 1. The van der Waals surface area contributed by atoms with Crippen molar-refractivity contribution in [3.05, 3.63) is 42.0 Å². The van der Waals surface area contributed by atoms with E-state index >= 15 is 0 Å². The van der Waals surface area contributed by atoms with Gasteiger partial charge in [0.15, 0.2) is 5.82 Å². The molecule has 6 heteroatoms. The van der Waals surface area contributed by atoms with Gasteiger partial charge in [-0.3, -0.25) is 0 Å². The van der Waals surface area contributed by atoms with E-state index in [9.17, 15) is 0 Å². The van der Waals surface area contributed by atoms with Crippen LogP contribution in [-0.4, -0.2) is 25.7 Å². The zero-order valence-corrected chi connectivity index (χ0v) is 11.8. The lowest BCUT2D eigenvalue weighted by atomic mass is 10.1. The molecule has 6 nitrogen and oxygen atoms in total. The van der Waals surface area contributed by atoms with Crippen molar-refractivity contribution in [2.45, 2.75) is 33.4 Å². The fourth-order valence-corrected chi connectivity index (χ4v) is 1.90. The van der Waals surface area contributed by atoms with Gasteiger partial charge in [-0.05, 0) is 32.9 Å². The molecule has 20 heavy (non-hydrogen) atoms. The van der Waals surface area contributed by atoms with Crippen LogP contribution in [0.15, 0.2) is 35.7 Å². The first-order chi connectivity index (χ1) is 9.63. The van der Waals surface area contributed by atoms with Crippen molar-refractivity contribution in [3.63, 3.8) is 0 Å². The summed E-state index contributed by atoms with van der Waals surface area (Å²) >= 11 is 0. The van der Waals surface area contributed by atoms with Gasteiger partial charge in [-0.2, -0.15) is 5.10 Å². The molecule has 1 aromatic carbocycles. The first kappa shape index (κ1) is 14.0. The van der Waals surface area contributed by atoms with Crippen molar-refractivity contribution in [1.29, 1.82) is 0 Å². The molecule has 0 bridgehead atoms. The minimum atomic E-state index is 0.229. The van der Waals surface area contributed by atoms with E-state index in [0.717, 1.165) is 11.4 Å². The third kappa shape index (κ3) is 2.96. The molecule has 0 saturated carbocycles. The third-order valence-corrected chi connectivity index (χ3v) is 2.92. The molecule has 1 N–H and O–H groups in total. The lowest BCUT2D eigenvalue weighted by Crippen LogP contribution is -2.11. The van der Waals surface area contributed by atoms with E-state index in [2.05, 4.69) is 15.2 Å². The summed E-state index contributed by atoms with van der Waals surface area (Å²) < 4.78 is 7.60. The molecular weight excluding hydrogens is 256 g/mol. The normalized spacial score (nSPS) is 11.9. The molecule has 0 aliphatic rings. The summed E-state index contributed by atoms with van der Waals surface area (Å²) in [5.74, 6) is 1.41. The van der Waals surface area contributed by atoms with E-state index in [4.69, 9.17) is 9.94 Å². The average molecular weight is 274 g/mol. The molecule has 1 heterocycles. The third-order valence-electron chi connectivity index (χ3n) is 2.92. The van der Waals surface area contributed by atoms with Crippen LogP contribution >= 0.6 is 0 Å². The Bertz CT molecular complexity index is 605. The van der Waals surface area contributed by atoms with Crippen LogP contribution in [0.5, 0.6) is 5.75 Å². The van der Waals surface area contributed by atoms with E-state index in [-0.39, 0.29) is 6.04 Å². The van der Waals surface area contributed by atoms with Gasteiger partial charge >= 0.3 is 0 Å². The topological polar surface area (TPSA) is 72.5 Å². The minimum absolute atomic E-state index is 0.229. The summed E-state index contributed by atoms with van der Waals surface area (Å²) in [5, 5.41) is 16.3. The van der Waals surface area contributed by atoms with Gasteiger partial charge in [-0.1, -0.05) is 17.3 Å². The largest absolute Gasteiger partial charge is 0.485 e. The number of hydrogen-bond acceptors (Lipinski definition) is 5. The lowest BCUT2D eigenvalue weighted by Gasteiger charge is -2.12. The molecule has 0 radical (unpaired) electrons. The van der Waals surface area contributed by atoms with Gasteiger partial charge in [0.1, 0.15) is 18.7 Å². The molecule has 2 rings (SSSR count). The Balaban J connectivity index is 2.17. The maximum Gasteiger partial charge on any atom is 0.165 e. The molecule has 1 aromatic heterocycles. The maximum absolute atomic E-state index is 8.89. The molecule has 0 amide bonds. The van der Waals surface area contributed by atoms with Crippen LogP contribution < -0.4 is 4.74 Å². The fraction of sp³-hybridized carbons (Fsp3) is 0.357. The van der Waals surface area contributed by atoms with Gasteiger partial charge in [0.05, 0.1) is 5.71 Å². The zero-order chi connectivity index (χ0) is 14.5. The number of para-hydroxylation sites is 1. The molecular formula is C14H18N4O2. The predicted molar refractivity (Wildman–Crippen MR) is 75.2 cm³/mol. The Labute approximate surface area is 117 Å². The van der Waals surface area contributed by atoms with Crippen molar-refractivity contribution in [1.82, 2.24) is 14.8 Å². The van der Waals surface area contributed by atoms with E-state index in [0.29, 0.717) is 18.1 Å².